The fourth-order valence-electron chi connectivity index (χ4n) is 2.45. The van der Waals surface area contributed by atoms with Crippen LogP contribution in [0.5, 0.6) is 0 Å². The molecule has 2 aromatic rings. The minimum atomic E-state index is -0.483. The Morgan fingerprint density at radius 3 is 3.00 bits per heavy atom. The summed E-state index contributed by atoms with van der Waals surface area (Å²) in [7, 11) is 0. The number of carbonyl (C=O) groups is 1. The molecule has 1 aliphatic rings. The number of halogens is 1. The highest BCUT2D eigenvalue weighted by Gasteiger charge is 2.27. The van der Waals surface area contributed by atoms with Crippen LogP contribution in [0.2, 0.25) is 0 Å². The van der Waals surface area contributed by atoms with E-state index in [4.69, 9.17) is 17.0 Å². The summed E-state index contributed by atoms with van der Waals surface area (Å²) in [5, 5.41) is 2.88. The van der Waals surface area contributed by atoms with Gasteiger partial charge in [-0.2, -0.15) is 0 Å². The number of hydrogen-bond donors (Lipinski definition) is 3. The summed E-state index contributed by atoms with van der Waals surface area (Å²) in [4.78, 5) is 18.0. The molecule has 1 aliphatic heterocycles. The molecule has 0 spiro atoms. The maximum absolute atomic E-state index is 13.6. The number of imidazole rings is 1. The minimum Gasteiger partial charge on any atom is -0.376 e. The number of fused-ring (bicyclic) bond motifs is 1. The van der Waals surface area contributed by atoms with E-state index < -0.39 is 5.82 Å². The Labute approximate surface area is 119 Å². The molecule has 5 nitrogen and oxygen atoms in total. The third-order valence-electron chi connectivity index (χ3n) is 3.53. The fourth-order valence-corrected chi connectivity index (χ4v) is 2.67. The number of hydrogen-bond acceptors (Lipinski definition) is 3. The summed E-state index contributed by atoms with van der Waals surface area (Å²) in [5.41, 5.74) is 1.24. The molecule has 0 radical (unpaired) electrons. The van der Waals surface area contributed by atoms with E-state index in [2.05, 4.69) is 15.3 Å². The first-order chi connectivity index (χ1) is 9.54. The molecule has 1 fully saturated rings. The van der Waals surface area contributed by atoms with E-state index in [1.165, 1.54) is 12.1 Å². The molecule has 3 rings (SSSR count). The molecule has 106 valence electrons. The molecule has 1 amide bonds. The highest BCUT2D eigenvalue weighted by Crippen LogP contribution is 2.19. The highest BCUT2D eigenvalue weighted by molar-refractivity contribution is 7.71. The van der Waals surface area contributed by atoms with Gasteiger partial charge < -0.3 is 20.0 Å². The minimum absolute atomic E-state index is 0.0345. The van der Waals surface area contributed by atoms with Gasteiger partial charge in [-0.15, -0.1) is 0 Å². The molecule has 0 unspecified atom stereocenters. The second-order valence-electron chi connectivity index (χ2n) is 4.90. The van der Waals surface area contributed by atoms with Gasteiger partial charge in [-0.05, 0) is 37.7 Å². The molecule has 1 aromatic heterocycles. The monoisotopic (exact) mass is 295 g/mol. The van der Waals surface area contributed by atoms with Crippen molar-refractivity contribution in [3.05, 3.63) is 28.3 Å². The van der Waals surface area contributed by atoms with Crippen LogP contribution in [-0.4, -0.2) is 34.6 Å². The van der Waals surface area contributed by atoms with Crippen molar-refractivity contribution in [2.75, 3.05) is 6.61 Å². The SMILES string of the molecule is C[C@@H]1OCC[C@@H]1NC(=O)c1cc(F)cc2[nH]c(=S)[nH]c12. The zero-order chi connectivity index (χ0) is 14.3. The summed E-state index contributed by atoms with van der Waals surface area (Å²) in [5.74, 6) is -0.814. The van der Waals surface area contributed by atoms with Crippen LogP contribution in [0.3, 0.4) is 0 Å². The third kappa shape index (κ3) is 2.34. The number of H-pyrrole nitrogens is 2. The molecular formula is C13H14FN3O2S. The Morgan fingerprint density at radius 2 is 2.30 bits per heavy atom. The van der Waals surface area contributed by atoms with Gasteiger partial charge >= 0.3 is 0 Å². The van der Waals surface area contributed by atoms with Crippen molar-refractivity contribution in [3.8, 4) is 0 Å². The summed E-state index contributed by atoms with van der Waals surface area (Å²) >= 11 is 4.98. The maximum atomic E-state index is 13.6. The highest BCUT2D eigenvalue weighted by atomic mass is 32.1. The van der Waals surface area contributed by atoms with Crippen LogP contribution >= 0.6 is 12.2 Å². The molecule has 7 heteroatoms. The third-order valence-corrected chi connectivity index (χ3v) is 3.73. The van der Waals surface area contributed by atoms with Crippen LogP contribution in [0.15, 0.2) is 12.1 Å². The lowest BCUT2D eigenvalue weighted by atomic mass is 10.1. The number of ether oxygens (including phenoxy) is 1. The first-order valence-corrected chi connectivity index (χ1v) is 6.79. The average Bonchev–Trinajstić information content (AvgIpc) is 2.94. The molecule has 2 heterocycles. The second kappa shape index (κ2) is 4.99. The Morgan fingerprint density at radius 1 is 1.50 bits per heavy atom. The van der Waals surface area contributed by atoms with E-state index in [1.807, 2.05) is 6.92 Å². The van der Waals surface area contributed by atoms with Gasteiger partial charge in [0.1, 0.15) is 5.82 Å². The molecule has 0 aliphatic carbocycles. The van der Waals surface area contributed by atoms with Crippen molar-refractivity contribution in [1.29, 1.82) is 0 Å². The van der Waals surface area contributed by atoms with Crippen LogP contribution in [0.25, 0.3) is 11.0 Å². The number of rotatable bonds is 2. The van der Waals surface area contributed by atoms with E-state index in [9.17, 15) is 9.18 Å². The van der Waals surface area contributed by atoms with E-state index in [-0.39, 0.29) is 23.6 Å². The largest absolute Gasteiger partial charge is 0.376 e. The molecule has 20 heavy (non-hydrogen) atoms. The fraction of sp³-hybridized carbons (Fsp3) is 0.385. The molecular weight excluding hydrogens is 281 g/mol. The van der Waals surface area contributed by atoms with Crippen LogP contribution in [0.1, 0.15) is 23.7 Å². The number of benzene rings is 1. The molecule has 0 saturated carbocycles. The Kier molecular flexibility index (Phi) is 3.31. The number of amides is 1. The first kappa shape index (κ1) is 13.3. The van der Waals surface area contributed by atoms with Gasteiger partial charge in [0.15, 0.2) is 4.77 Å². The maximum Gasteiger partial charge on any atom is 0.253 e. The lowest BCUT2D eigenvalue weighted by Gasteiger charge is -2.16. The van der Waals surface area contributed by atoms with Crippen LogP contribution in [-0.2, 0) is 4.74 Å². The van der Waals surface area contributed by atoms with Crippen molar-refractivity contribution in [2.24, 2.45) is 0 Å². The number of aromatic nitrogens is 2. The van der Waals surface area contributed by atoms with Gasteiger partial charge in [-0.3, -0.25) is 4.79 Å². The number of aromatic amines is 2. The summed E-state index contributed by atoms with van der Waals surface area (Å²) < 4.78 is 19.3. The van der Waals surface area contributed by atoms with Gasteiger partial charge in [0.2, 0.25) is 0 Å². The van der Waals surface area contributed by atoms with Gasteiger partial charge in [-0.25, -0.2) is 4.39 Å². The van der Waals surface area contributed by atoms with Gasteiger partial charge in [0, 0.05) is 6.61 Å². The van der Waals surface area contributed by atoms with E-state index in [0.717, 1.165) is 6.42 Å². The van der Waals surface area contributed by atoms with Crippen molar-refractivity contribution in [3.63, 3.8) is 0 Å². The van der Waals surface area contributed by atoms with E-state index >= 15 is 0 Å². The smallest absolute Gasteiger partial charge is 0.253 e. The lowest BCUT2D eigenvalue weighted by Crippen LogP contribution is -2.39. The van der Waals surface area contributed by atoms with Crippen molar-refractivity contribution in [1.82, 2.24) is 15.3 Å². The quantitative estimate of drug-likeness (QED) is 0.744. The topological polar surface area (TPSA) is 69.9 Å². The standard InChI is InChI=1S/C13H14FN3O2S/c1-6-9(2-3-19-6)15-12(18)8-4-7(14)5-10-11(8)17-13(20)16-10/h4-6,9H,2-3H2,1H3,(H,15,18)(H2,16,17,20)/t6-,9-/m0/s1. The van der Waals surface area contributed by atoms with E-state index in [1.54, 1.807) is 0 Å². The van der Waals surface area contributed by atoms with Crippen molar-refractivity contribution < 1.29 is 13.9 Å². The number of carbonyl (C=O) groups excluding carboxylic acids is 1. The Balaban J connectivity index is 1.96. The van der Waals surface area contributed by atoms with Crippen molar-refractivity contribution >= 4 is 29.2 Å². The predicted molar refractivity (Wildman–Crippen MR) is 74.7 cm³/mol. The van der Waals surface area contributed by atoms with E-state index in [0.29, 0.717) is 22.4 Å². The number of nitrogens with one attached hydrogen (secondary N) is 3. The van der Waals surface area contributed by atoms with Gasteiger partial charge in [0.05, 0.1) is 28.7 Å². The summed E-state index contributed by atoms with van der Waals surface area (Å²) in [6, 6.07) is 2.46. The zero-order valence-corrected chi connectivity index (χ0v) is 11.6. The first-order valence-electron chi connectivity index (χ1n) is 6.38. The van der Waals surface area contributed by atoms with Crippen LogP contribution in [0.4, 0.5) is 4.39 Å². The van der Waals surface area contributed by atoms with Gasteiger partial charge in [0.25, 0.3) is 5.91 Å². The second-order valence-corrected chi connectivity index (χ2v) is 5.31. The Hall–Kier alpha value is -1.73. The van der Waals surface area contributed by atoms with Crippen LogP contribution in [0, 0.1) is 10.6 Å². The lowest BCUT2D eigenvalue weighted by molar-refractivity contribution is 0.0867. The molecule has 1 aromatic carbocycles. The van der Waals surface area contributed by atoms with Gasteiger partial charge in [-0.1, -0.05) is 0 Å². The molecule has 3 N–H and O–H groups in total. The zero-order valence-electron chi connectivity index (χ0n) is 10.8. The normalized spacial score (nSPS) is 22.3. The average molecular weight is 295 g/mol. The summed E-state index contributed by atoms with van der Waals surface area (Å²) in [6.07, 6.45) is 0.724. The predicted octanol–water partition coefficient (Wildman–Crippen LogP) is 2.27. The molecule has 1 saturated heterocycles. The Bertz CT molecular complexity index is 724. The molecule has 0 bridgehead atoms. The van der Waals surface area contributed by atoms with Crippen LogP contribution < -0.4 is 5.32 Å². The summed E-state index contributed by atoms with van der Waals surface area (Å²) in [6.45, 7) is 2.53. The molecule has 2 atom stereocenters. The van der Waals surface area contributed by atoms with Crippen molar-refractivity contribution in [2.45, 2.75) is 25.5 Å².